The SMILES string of the molecule is CC(=O)Oc1ccc(C(=O)NNC(=O)CC#N)cc1. The molecule has 0 aromatic heterocycles. The summed E-state index contributed by atoms with van der Waals surface area (Å²) < 4.78 is 4.80. The zero-order valence-corrected chi connectivity index (χ0v) is 10.1. The van der Waals surface area contributed by atoms with Gasteiger partial charge in [0.05, 0.1) is 6.07 Å². The van der Waals surface area contributed by atoms with E-state index in [0.29, 0.717) is 5.75 Å². The van der Waals surface area contributed by atoms with E-state index in [9.17, 15) is 14.4 Å². The molecule has 98 valence electrons. The van der Waals surface area contributed by atoms with Crippen molar-refractivity contribution in [1.82, 2.24) is 10.9 Å². The number of esters is 1. The molecule has 1 aromatic rings. The fourth-order valence-corrected chi connectivity index (χ4v) is 1.15. The van der Waals surface area contributed by atoms with E-state index < -0.39 is 17.8 Å². The first kappa shape index (κ1) is 14.2. The molecule has 0 aliphatic heterocycles. The van der Waals surface area contributed by atoms with Gasteiger partial charge in [0.25, 0.3) is 11.8 Å². The van der Waals surface area contributed by atoms with Crippen LogP contribution in [0.4, 0.5) is 0 Å². The molecule has 0 atom stereocenters. The average Bonchev–Trinajstić information content (AvgIpc) is 2.36. The van der Waals surface area contributed by atoms with Crippen LogP contribution in [0.3, 0.4) is 0 Å². The molecule has 2 N–H and O–H groups in total. The predicted molar refractivity (Wildman–Crippen MR) is 63.6 cm³/mol. The van der Waals surface area contributed by atoms with Crippen LogP contribution >= 0.6 is 0 Å². The van der Waals surface area contributed by atoms with Crippen molar-refractivity contribution < 1.29 is 19.1 Å². The zero-order valence-electron chi connectivity index (χ0n) is 10.1. The quantitative estimate of drug-likeness (QED) is 0.461. The molecule has 0 saturated carbocycles. The summed E-state index contributed by atoms with van der Waals surface area (Å²) in [6, 6.07) is 7.42. The molecular formula is C12H11N3O4. The molecule has 0 bridgehead atoms. The van der Waals surface area contributed by atoms with E-state index in [4.69, 9.17) is 10.00 Å². The lowest BCUT2D eigenvalue weighted by Crippen LogP contribution is -2.41. The molecule has 0 aliphatic carbocycles. The fourth-order valence-electron chi connectivity index (χ4n) is 1.15. The van der Waals surface area contributed by atoms with Gasteiger partial charge in [0, 0.05) is 12.5 Å². The van der Waals surface area contributed by atoms with Crippen molar-refractivity contribution in [3.05, 3.63) is 29.8 Å². The largest absolute Gasteiger partial charge is 0.427 e. The predicted octanol–water partition coefficient (Wildman–Crippen LogP) is 0.287. The maximum Gasteiger partial charge on any atom is 0.308 e. The number of ether oxygens (including phenoxy) is 1. The summed E-state index contributed by atoms with van der Waals surface area (Å²) in [6.45, 7) is 1.27. The van der Waals surface area contributed by atoms with Gasteiger partial charge in [-0.2, -0.15) is 5.26 Å². The summed E-state index contributed by atoms with van der Waals surface area (Å²) in [4.78, 5) is 33.2. The number of nitrogens with one attached hydrogen (secondary N) is 2. The molecule has 2 amide bonds. The van der Waals surface area contributed by atoms with Crippen molar-refractivity contribution in [3.8, 4) is 11.8 Å². The number of hydrogen-bond donors (Lipinski definition) is 2. The first-order valence-electron chi connectivity index (χ1n) is 5.27. The van der Waals surface area contributed by atoms with E-state index in [0.717, 1.165) is 0 Å². The first-order chi connectivity index (χ1) is 9.02. The van der Waals surface area contributed by atoms with Gasteiger partial charge in [-0.3, -0.25) is 25.2 Å². The first-order valence-corrected chi connectivity index (χ1v) is 5.27. The summed E-state index contributed by atoms with van der Waals surface area (Å²) >= 11 is 0. The van der Waals surface area contributed by atoms with Crippen molar-refractivity contribution in [3.63, 3.8) is 0 Å². The minimum atomic E-state index is -0.604. The molecule has 1 aromatic carbocycles. The lowest BCUT2D eigenvalue weighted by Gasteiger charge is -2.06. The van der Waals surface area contributed by atoms with Crippen LogP contribution in [0, 0.1) is 11.3 Å². The highest BCUT2D eigenvalue weighted by atomic mass is 16.5. The zero-order chi connectivity index (χ0) is 14.3. The molecule has 0 saturated heterocycles. The second-order valence-corrected chi connectivity index (χ2v) is 3.46. The van der Waals surface area contributed by atoms with Gasteiger partial charge in [-0.05, 0) is 24.3 Å². The molecule has 0 fully saturated rings. The topological polar surface area (TPSA) is 108 Å². The van der Waals surface area contributed by atoms with Crippen LogP contribution in [-0.2, 0) is 9.59 Å². The highest BCUT2D eigenvalue weighted by Crippen LogP contribution is 2.12. The Bertz CT molecular complexity index is 531. The number of nitrogens with zero attached hydrogens (tertiary/aromatic N) is 1. The van der Waals surface area contributed by atoms with E-state index in [1.165, 1.54) is 31.2 Å². The second-order valence-electron chi connectivity index (χ2n) is 3.46. The van der Waals surface area contributed by atoms with Crippen LogP contribution in [0.15, 0.2) is 24.3 Å². The maximum absolute atomic E-state index is 11.6. The van der Waals surface area contributed by atoms with Gasteiger partial charge in [-0.1, -0.05) is 0 Å². The summed E-state index contributed by atoms with van der Waals surface area (Å²) in [7, 11) is 0. The fraction of sp³-hybridized carbons (Fsp3) is 0.167. The Morgan fingerprint density at radius 3 is 2.37 bits per heavy atom. The second kappa shape index (κ2) is 6.76. The minimum absolute atomic E-state index is 0.271. The van der Waals surface area contributed by atoms with Crippen LogP contribution in [0.5, 0.6) is 5.75 Å². The van der Waals surface area contributed by atoms with Crippen LogP contribution in [0.25, 0.3) is 0 Å². The normalized spacial score (nSPS) is 9.05. The summed E-state index contributed by atoms with van der Waals surface area (Å²) in [6.07, 6.45) is -0.342. The molecule has 0 unspecified atom stereocenters. The van der Waals surface area contributed by atoms with Gasteiger partial charge in [0.15, 0.2) is 0 Å². The Hall–Kier alpha value is -2.88. The van der Waals surface area contributed by atoms with Gasteiger partial charge < -0.3 is 4.74 Å². The Morgan fingerprint density at radius 2 is 1.84 bits per heavy atom. The van der Waals surface area contributed by atoms with Crippen molar-refractivity contribution in [2.45, 2.75) is 13.3 Å². The molecule has 7 heteroatoms. The van der Waals surface area contributed by atoms with E-state index in [1.54, 1.807) is 6.07 Å². The third-order valence-corrected chi connectivity index (χ3v) is 1.93. The van der Waals surface area contributed by atoms with E-state index >= 15 is 0 Å². The summed E-state index contributed by atoms with van der Waals surface area (Å²) in [5.41, 5.74) is 4.50. The van der Waals surface area contributed by atoms with E-state index in [1.807, 2.05) is 0 Å². The summed E-state index contributed by atoms with van der Waals surface area (Å²) in [5, 5.41) is 8.26. The Morgan fingerprint density at radius 1 is 1.21 bits per heavy atom. The summed E-state index contributed by atoms with van der Waals surface area (Å²) in [5.74, 6) is -1.29. The Balaban J connectivity index is 2.56. The van der Waals surface area contributed by atoms with Crippen molar-refractivity contribution in [2.24, 2.45) is 0 Å². The monoisotopic (exact) mass is 261 g/mol. The van der Waals surface area contributed by atoms with Crippen LogP contribution in [0.1, 0.15) is 23.7 Å². The van der Waals surface area contributed by atoms with Gasteiger partial charge in [0.1, 0.15) is 12.2 Å². The highest BCUT2D eigenvalue weighted by molar-refractivity contribution is 5.95. The van der Waals surface area contributed by atoms with Crippen LogP contribution in [0.2, 0.25) is 0 Å². The van der Waals surface area contributed by atoms with Crippen molar-refractivity contribution in [2.75, 3.05) is 0 Å². The lowest BCUT2D eigenvalue weighted by molar-refractivity contribution is -0.131. The molecule has 7 nitrogen and oxygen atoms in total. The van der Waals surface area contributed by atoms with Gasteiger partial charge in [-0.25, -0.2) is 0 Å². The number of carbonyl (C=O) groups excluding carboxylic acids is 3. The molecular weight excluding hydrogens is 250 g/mol. The molecule has 0 heterocycles. The molecule has 19 heavy (non-hydrogen) atoms. The minimum Gasteiger partial charge on any atom is -0.427 e. The maximum atomic E-state index is 11.6. The van der Waals surface area contributed by atoms with E-state index in [-0.39, 0.29) is 12.0 Å². The highest BCUT2D eigenvalue weighted by Gasteiger charge is 2.07. The number of hydrogen-bond acceptors (Lipinski definition) is 5. The lowest BCUT2D eigenvalue weighted by atomic mass is 10.2. The molecule has 1 rings (SSSR count). The third-order valence-electron chi connectivity index (χ3n) is 1.93. The molecule has 0 radical (unpaired) electrons. The number of carbonyl (C=O) groups is 3. The average molecular weight is 261 g/mol. The smallest absolute Gasteiger partial charge is 0.308 e. The standard InChI is InChI=1S/C12H11N3O4/c1-8(16)19-10-4-2-9(3-5-10)12(18)15-14-11(17)6-7-13/h2-5H,6H2,1H3,(H,14,17)(H,15,18). The van der Waals surface area contributed by atoms with Gasteiger partial charge in [0.2, 0.25) is 0 Å². The van der Waals surface area contributed by atoms with Crippen LogP contribution < -0.4 is 15.6 Å². The Labute approximate surface area is 109 Å². The van der Waals surface area contributed by atoms with Crippen molar-refractivity contribution >= 4 is 17.8 Å². The number of benzene rings is 1. The molecule has 0 aliphatic rings. The van der Waals surface area contributed by atoms with Crippen molar-refractivity contribution in [1.29, 1.82) is 5.26 Å². The number of rotatable bonds is 3. The van der Waals surface area contributed by atoms with Gasteiger partial charge in [-0.15, -0.1) is 0 Å². The third kappa shape index (κ3) is 4.87. The number of nitriles is 1. The number of hydrazine groups is 1. The number of amides is 2. The molecule has 0 spiro atoms. The van der Waals surface area contributed by atoms with Gasteiger partial charge >= 0.3 is 5.97 Å². The van der Waals surface area contributed by atoms with Crippen LogP contribution in [-0.4, -0.2) is 17.8 Å². The van der Waals surface area contributed by atoms with E-state index in [2.05, 4.69) is 10.9 Å². The Kier molecular flexibility index (Phi) is 5.04.